The lowest BCUT2D eigenvalue weighted by atomic mass is 10.0. The standard InChI is InChI=1S/C25H24N2O3/c1-18(28)23-17-22(27-13-15-30-16-14-27)11-12-24(23)26-25(29)21-9-7-20(8-10-21)19-5-3-2-4-6-19/h2-12,17H,13-16H2,1H3,(H,26,29). The van der Waals surface area contributed by atoms with E-state index >= 15 is 0 Å². The molecule has 0 aliphatic carbocycles. The second-order valence-electron chi connectivity index (χ2n) is 7.28. The molecule has 1 N–H and O–H groups in total. The van der Waals surface area contributed by atoms with Crippen LogP contribution in [0.25, 0.3) is 11.1 Å². The molecule has 5 heteroatoms. The Morgan fingerprint density at radius 1 is 0.867 bits per heavy atom. The van der Waals surface area contributed by atoms with Gasteiger partial charge in [0.15, 0.2) is 5.78 Å². The van der Waals surface area contributed by atoms with Crippen LogP contribution < -0.4 is 10.2 Å². The molecular formula is C25H24N2O3. The number of benzene rings is 3. The first-order chi connectivity index (χ1) is 14.6. The van der Waals surface area contributed by atoms with Crippen LogP contribution in [0.3, 0.4) is 0 Å². The third-order valence-corrected chi connectivity index (χ3v) is 5.26. The Hall–Kier alpha value is -3.44. The van der Waals surface area contributed by atoms with E-state index in [0.29, 0.717) is 30.0 Å². The molecule has 4 rings (SSSR count). The summed E-state index contributed by atoms with van der Waals surface area (Å²) in [7, 11) is 0. The number of ketones is 1. The minimum atomic E-state index is -0.240. The molecule has 0 saturated carbocycles. The summed E-state index contributed by atoms with van der Waals surface area (Å²) in [6.07, 6.45) is 0. The number of rotatable bonds is 5. The highest BCUT2D eigenvalue weighted by Gasteiger charge is 2.17. The minimum Gasteiger partial charge on any atom is -0.378 e. The van der Waals surface area contributed by atoms with Crippen molar-refractivity contribution >= 4 is 23.1 Å². The van der Waals surface area contributed by atoms with E-state index in [-0.39, 0.29) is 11.7 Å². The van der Waals surface area contributed by atoms with Crippen LogP contribution in [0.4, 0.5) is 11.4 Å². The lowest BCUT2D eigenvalue weighted by Gasteiger charge is -2.29. The minimum absolute atomic E-state index is 0.0835. The molecule has 0 spiro atoms. The van der Waals surface area contributed by atoms with Gasteiger partial charge in [-0.25, -0.2) is 0 Å². The number of anilines is 2. The van der Waals surface area contributed by atoms with Crippen molar-refractivity contribution in [1.29, 1.82) is 0 Å². The molecule has 0 radical (unpaired) electrons. The fourth-order valence-corrected chi connectivity index (χ4v) is 3.59. The van der Waals surface area contributed by atoms with Crippen LogP contribution in [0, 0.1) is 0 Å². The number of Topliss-reactive ketones (excluding diaryl/α,β-unsaturated/α-hetero) is 1. The quantitative estimate of drug-likeness (QED) is 0.634. The van der Waals surface area contributed by atoms with Gasteiger partial charge in [-0.1, -0.05) is 42.5 Å². The van der Waals surface area contributed by atoms with Gasteiger partial charge in [0.05, 0.1) is 18.9 Å². The predicted octanol–water partition coefficient (Wildman–Crippen LogP) is 4.65. The van der Waals surface area contributed by atoms with Gasteiger partial charge in [-0.3, -0.25) is 9.59 Å². The molecule has 1 saturated heterocycles. The summed E-state index contributed by atoms with van der Waals surface area (Å²) >= 11 is 0. The number of nitrogens with one attached hydrogen (secondary N) is 1. The van der Waals surface area contributed by atoms with E-state index in [1.54, 1.807) is 18.2 Å². The van der Waals surface area contributed by atoms with Crippen molar-refractivity contribution in [2.75, 3.05) is 36.5 Å². The Balaban J connectivity index is 1.53. The molecule has 1 aliphatic heterocycles. The molecule has 1 amide bonds. The van der Waals surface area contributed by atoms with Gasteiger partial charge in [0.1, 0.15) is 0 Å². The smallest absolute Gasteiger partial charge is 0.255 e. The topological polar surface area (TPSA) is 58.6 Å². The first-order valence-corrected chi connectivity index (χ1v) is 10.1. The zero-order valence-corrected chi connectivity index (χ0v) is 16.9. The Morgan fingerprint density at radius 3 is 2.20 bits per heavy atom. The highest BCUT2D eigenvalue weighted by Crippen LogP contribution is 2.26. The maximum atomic E-state index is 12.8. The molecule has 1 aliphatic rings. The molecule has 1 heterocycles. The molecule has 152 valence electrons. The fourth-order valence-electron chi connectivity index (χ4n) is 3.59. The van der Waals surface area contributed by atoms with Crippen molar-refractivity contribution in [3.8, 4) is 11.1 Å². The molecule has 3 aromatic carbocycles. The lowest BCUT2D eigenvalue weighted by Crippen LogP contribution is -2.36. The molecule has 1 fully saturated rings. The Bertz CT molecular complexity index is 1040. The van der Waals surface area contributed by atoms with E-state index in [0.717, 1.165) is 29.9 Å². The maximum Gasteiger partial charge on any atom is 0.255 e. The van der Waals surface area contributed by atoms with E-state index in [1.165, 1.54) is 6.92 Å². The summed E-state index contributed by atoms with van der Waals surface area (Å²) in [5.74, 6) is -0.323. The van der Waals surface area contributed by atoms with Gasteiger partial charge in [0.2, 0.25) is 0 Å². The zero-order valence-electron chi connectivity index (χ0n) is 16.9. The van der Waals surface area contributed by atoms with E-state index in [4.69, 9.17) is 4.74 Å². The molecule has 0 atom stereocenters. The van der Waals surface area contributed by atoms with Crippen LogP contribution in [-0.2, 0) is 4.74 Å². The van der Waals surface area contributed by atoms with Gasteiger partial charge in [0, 0.05) is 29.9 Å². The molecule has 30 heavy (non-hydrogen) atoms. The number of carbonyl (C=O) groups excluding carboxylic acids is 2. The first-order valence-electron chi connectivity index (χ1n) is 10.1. The van der Waals surface area contributed by atoms with Gasteiger partial charge in [-0.15, -0.1) is 0 Å². The van der Waals surface area contributed by atoms with Crippen LogP contribution >= 0.6 is 0 Å². The SMILES string of the molecule is CC(=O)c1cc(N2CCOCC2)ccc1NC(=O)c1ccc(-c2ccccc2)cc1. The summed E-state index contributed by atoms with van der Waals surface area (Å²) in [6.45, 7) is 4.44. The third kappa shape index (κ3) is 4.42. The number of hydrogen-bond acceptors (Lipinski definition) is 4. The summed E-state index contributed by atoms with van der Waals surface area (Å²) in [5.41, 5.74) is 4.69. The monoisotopic (exact) mass is 400 g/mol. The summed E-state index contributed by atoms with van der Waals surface area (Å²) < 4.78 is 5.40. The number of amides is 1. The molecule has 0 aromatic heterocycles. The van der Waals surface area contributed by atoms with Crippen molar-refractivity contribution in [3.63, 3.8) is 0 Å². The predicted molar refractivity (Wildman–Crippen MR) is 119 cm³/mol. The van der Waals surface area contributed by atoms with Crippen molar-refractivity contribution in [2.24, 2.45) is 0 Å². The second kappa shape index (κ2) is 8.93. The normalized spacial score (nSPS) is 13.7. The van der Waals surface area contributed by atoms with Gasteiger partial charge in [0.25, 0.3) is 5.91 Å². The van der Waals surface area contributed by atoms with Crippen molar-refractivity contribution in [2.45, 2.75) is 6.92 Å². The van der Waals surface area contributed by atoms with Crippen molar-refractivity contribution in [1.82, 2.24) is 0 Å². The molecule has 3 aromatic rings. The summed E-state index contributed by atoms with van der Waals surface area (Å²) in [5, 5.41) is 2.89. The molecule has 0 bridgehead atoms. The van der Waals surface area contributed by atoms with Crippen molar-refractivity contribution < 1.29 is 14.3 Å². The van der Waals surface area contributed by atoms with Gasteiger partial charge >= 0.3 is 0 Å². The maximum absolute atomic E-state index is 12.8. The molecular weight excluding hydrogens is 376 g/mol. The van der Waals surface area contributed by atoms with Gasteiger partial charge < -0.3 is 15.0 Å². The largest absolute Gasteiger partial charge is 0.378 e. The first kappa shape index (κ1) is 19.9. The second-order valence-corrected chi connectivity index (χ2v) is 7.28. The van der Waals surface area contributed by atoms with Crippen LogP contribution in [-0.4, -0.2) is 38.0 Å². The summed E-state index contributed by atoms with van der Waals surface area (Å²) in [4.78, 5) is 27.2. The van der Waals surface area contributed by atoms with Crippen LogP contribution in [0.1, 0.15) is 27.6 Å². The highest BCUT2D eigenvalue weighted by atomic mass is 16.5. The van der Waals surface area contributed by atoms with Crippen LogP contribution in [0.5, 0.6) is 0 Å². The lowest BCUT2D eigenvalue weighted by molar-refractivity contribution is 0.101. The van der Waals surface area contributed by atoms with Crippen LogP contribution in [0.15, 0.2) is 72.8 Å². The zero-order chi connectivity index (χ0) is 20.9. The van der Waals surface area contributed by atoms with Crippen LogP contribution in [0.2, 0.25) is 0 Å². The van der Waals surface area contributed by atoms with Gasteiger partial charge in [-0.05, 0) is 48.4 Å². The number of ether oxygens (including phenoxy) is 1. The average Bonchev–Trinajstić information content (AvgIpc) is 2.80. The number of carbonyl (C=O) groups is 2. The van der Waals surface area contributed by atoms with E-state index in [2.05, 4.69) is 10.2 Å². The van der Waals surface area contributed by atoms with Crippen molar-refractivity contribution in [3.05, 3.63) is 83.9 Å². The molecule has 0 unspecified atom stereocenters. The fraction of sp³-hybridized carbons (Fsp3) is 0.200. The number of hydrogen-bond donors (Lipinski definition) is 1. The molecule has 5 nitrogen and oxygen atoms in total. The third-order valence-electron chi connectivity index (χ3n) is 5.26. The van der Waals surface area contributed by atoms with E-state index < -0.39 is 0 Å². The Kier molecular flexibility index (Phi) is 5.91. The number of morpholine rings is 1. The highest BCUT2D eigenvalue weighted by molar-refractivity contribution is 6.09. The Morgan fingerprint density at radius 2 is 1.53 bits per heavy atom. The van der Waals surface area contributed by atoms with E-state index in [1.807, 2.05) is 54.6 Å². The summed E-state index contributed by atoms with van der Waals surface area (Å²) in [6, 6.07) is 23.1. The van der Waals surface area contributed by atoms with E-state index in [9.17, 15) is 9.59 Å². The Labute approximate surface area is 176 Å². The average molecular weight is 400 g/mol. The number of nitrogens with zero attached hydrogens (tertiary/aromatic N) is 1. The van der Waals surface area contributed by atoms with Gasteiger partial charge in [-0.2, -0.15) is 0 Å².